The number of aromatic nitrogens is 3. The molecule has 0 unspecified atom stereocenters. The smallest absolute Gasteiger partial charge is 0.287 e. The van der Waals surface area contributed by atoms with Gasteiger partial charge in [0, 0.05) is 16.2 Å². The molecule has 7 rings (SSSR count). The summed E-state index contributed by atoms with van der Waals surface area (Å²) in [7, 11) is 2.14. The Morgan fingerprint density at radius 3 is 1.95 bits per heavy atom. The van der Waals surface area contributed by atoms with Crippen LogP contribution in [0.4, 0.5) is 0 Å². The Morgan fingerprint density at radius 2 is 1.33 bits per heavy atom. The molecule has 7 aromatic rings. The Labute approximate surface area is 255 Å². The van der Waals surface area contributed by atoms with Crippen molar-refractivity contribution >= 4 is 49.1 Å². The number of fused-ring (bicyclic) bond motifs is 5. The van der Waals surface area contributed by atoms with Gasteiger partial charge in [-0.2, -0.15) is 0 Å². The minimum Gasteiger partial charge on any atom is -0.308 e. The molecular weight excluding hydrogens is 522 g/mol. The van der Waals surface area contributed by atoms with E-state index in [0.29, 0.717) is 23.7 Å². The molecule has 4 aromatic carbocycles. The molecule has 3 aromatic heterocycles. The van der Waals surface area contributed by atoms with Crippen molar-refractivity contribution in [2.24, 2.45) is 7.05 Å². The molecule has 0 aliphatic carbocycles. The van der Waals surface area contributed by atoms with Gasteiger partial charge in [0.1, 0.15) is 5.52 Å². The summed E-state index contributed by atoms with van der Waals surface area (Å²) in [6.07, 6.45) is 2.01. The van der Waals surface area contributed by atoms with Crippen LogP contribution in [0, 0.1) is 6.92 Å². The molecule has 0 aliphatic rings. The molecule has 0 saturated heterocycles. The van der Waals surface area contributed by atoms with E-state index in [2.05, 4.69) is 133 Å². The number of benzene rings is 4. The molecule has 0 fully saturated rings. The maximum Gasteiger partial charge on any atom is 0.287 e. The Balaban J connectivity index is 1.72. The molecule has 0 atom stereocenters. The zero-order chi connectivity index (χ0) is 30.5. The minimum absolute atomic E-state index is 0.410. The highest BCUT2D eigenvalue weighted by Gasteiger charge is 2.26. The molecule has 0 saturated carbocycles. The summed E-state index contributed by atoms with van der Waals surface area (Å²) >= 11 is 0. The lowest BCUT2D eigenvalue weighted by Gasteiger charge is -2.24. The van der Waals surface area contributed by atoms with Crippen LogP contribution < -0.4 is 4.57 Å². The van der Waals surface area contributed by atoms with Gasteiger partial charge in [0.05, 0.1) is 29.0 Å². The number of hydrogen-bond acceptors (Lipinski definition) is 1. The van der Waals surface area contributed by atoms with Crippen molar-refractivity contribution < 1.29 is 4.57 Å². The fourth-order valence-electron chi connectivity index (χ4n) is 7.39. The van der Waals surface area contributed by atoms with Crippen LogP contribution in [0.1, 0.15) is 107 Å². The standard InChI is InChI=1S/C40H44N3/c1-21(2)26-12-14-34-32(15-26)29-13-11-25(9)36-39(29)43(34)35-19-28(18-33-38(35)40(36)42(10)20-41-33)37-30(23(5)6)16-27(22(3)4)17-31(37)24(7)8/h11-24H,1-10H3/q+1. The van der Waals surface area contributed by atoms with Crippen molar-refractivity contribution in [3.63, 3.8) is 0 Å². The van der Waals surface area contributed by atoms with Crippen molar-refractivity contribution in [1.29, 1.82) is 0 Å². The summed E-state index contributed by atoms with van der Waals surface area (Å²) in [5.74, 6) is 1.78. The minimum atomic E-state index is 0.410. The second-order valence-electron chi connectivity index (χ2n) is 14.1. The van der Waals surface area contributed by atoms with Crippen molar-refractivity contribution in [3.8, 4) is 11.1 Å². The predicted molar refractivity (Wildman–Crippen MR) is 184 cm³/mol. The molecule has 0 N–H and O–H groups in total. The largest absolute Gasteiger partial charge is 0.308 e. The van der Waals surface area contributed by atoms with Crippen LogP contribution in [-0.2, 0) is 7.05 Å². The number of rotatable bonds is 5. The molecule has 218 valence electrons. The quantitative estimate of drug-likeness (QED) is 0.115. The number of hydrogen-bond donors (Lipinski definition) is 0. The fourth-order valence-corrected chi connectivity index (χ4v) is 7.39. The lowest BCUT2D eigenvalue weighted by Crippen LogP contribution is -2.30. The van der Waals surface area contributed by atoms with E-state index in [1.165, 1.54) is 82.6 Å². The maximum atomic E-state index is 5.08. The first-order chi connectivity index (χ1) is 20.5. The summed E-state index contributed by atoms with van der Waals surface area (Å²) in [4.78, 5) is 5.08. The van der Waals surface area contributed by atoms with Crippen molar-refractivity contribution in [2.75, 3.05) is 0 Å². The molecule has 3 heterocycles. The van der Waals surface area contributed by atoms with Gasteiger partial charge in [-0.15, -0.1) is 0 Å². The molecule has 3 nitrogen and oxygen atoms in total. The van der Waals surface area contributed by atoms with Gasteiger partial charge >= 0.3 is 0 Å². The van der Waals surface area contributed by atoms with Gasteiger partial charge < -0.3 is 4.40 Å². The first kappa shape index (κ1) is 27.8. The van der Waals surface area contributed by atoms with Crippen LogP contribution >= 0.6 is 0 Å². The average Bonchev–Trinajstić information content (AvgIpc) is 3.30. The van der Waals surface area contributed by atoms with Gasteiger partial charge in [-0.1, -0.05) is 85.7 Å². The summed E-state index contributed by atoms with van der Waals surface area (Å²) in [6.45, 7) is 20.8. The molecular formula is C40H44N3+. The van der Waals surface area contributed by atoms with E-state index in [1.807, 2.05) is 6.33 Å². The van der Waals surface area contributed by atoms with Crippen LogP contribution in [-0.4, -0.2) is 9.38 Å². The van der Waals surface area contributed by atoms with E-state index in [4.69, 9.17) is 4.98 Å². The Morgan fingerprint density at radius 1 is 0.651 bits per heavy atom. The van der Waals surface area contributed by atoms with E-state index in [-0.39, 0.29) is 0 Å². The highest BCUT2D eigenvalue weighted by atomic mass is 15.0. The van der Waals surface area contributed by atoms with Crippen molar-refractivity contribution in [1.82, 2.24) is 9.38 Å². The molecule has 0 amide bonds. The topological polar surface area (TPSA) is 21.2 Å². The zero-order valence-corrected chi connectivity index (χ0v) is 27.4. The lowest BCUT2D eigenvalue weighted by molar-refractivity contribution is -0.646. The lowest BCUT2D eigenvalue weighted by atomic mass is 9.81. The van der Waals surface area contributed by atoms with Gasteiger partial charge in [-0.3, -0.25) is 0 Å². The molecule has 0 aliphatic heterocycles. The van der Waals surface area contributed by atoms with Gasteiger partial charge in [0.2, 0.25) is 0 Å². The molecule has 3 heteroatoms. The summed E-state index contributed by atoms with van der Waals surface area (Å²) in [5.41, 5.74) is 15.7. The molecule has 43 heavy (non-hydrogen) atoms. The normalized spacial score (nSPS) is 12.8. The van der Waals surface area contributed by atoms with Crippen molar-refractivity contribution in [3.05, 3.63) is 88.7 Å². The van der Waals surface area contributed by atoms with Crippen LogP contribution in [0.3, 0.4) is 0 Å². The van der Waals surface area contributed by atoms with E-state index in [9.17, 15) is 0 Å². The number of nitrogens with zero attached hydrogens (tertiary/aromatic N) is 3. The van der Waals surface area contributed by atoms with E-state index >= 15 is 0 Å². The number of pyridine rings is 1. The Hall–Kier alpha value is -3.98. The van der Waals surface area contributed by atoms with Crippen LogP contribution in [0.5, 0.6) is 0 Å². The number of aryl methyl sites for hydroxylation is 2. The third-order valence-corrected chi connectivity index (χ3v) is 9.78. The van der Waals surface area contributed by atoms with Gasteiger partial charge in [0.15, 0.2) is 5.52 Å². The second kappa shape index (κ2) is 9.77. The zero-order valence-electron chi connectivity index (χ0n) is 27.4. The highest BCUT2D eigenvalue weighted by molar-refractivity contribution is 6.25. The summed E-state index contributed by atoms with van der Waals surface area (Å²) in [5, 5.41) is 5.21. The van der Waals surface area contributed by atoms with Crippen LogP contribution in [0.2, 0.25) is 0 Å². The van der Waals surface area contributed by atoms with Crippen LogP contribution in [0.25, 0.3) is 60.3 Å². The molecule has 0 spiro atoms. The van der Waals surface area contributed by atoms with E-state index < -0.39 is 0 Å². The fraction of sp³-hybridized carbons (Fsp3) is 0.350. The van der Waals surface area contributed by atoms with E-state index in [1.54, 1.807) is 0 Å². The van der Waals surface area contributed by atoms with Crippen molar-refractivity contribution in [2.45, 2.75) is 86.0 Å². The Kier molecular flexibility index (Phi) is 6.32. The predicted octanol–water partition coefficient (Wildman–Crippen LogP) is 10.7. The maximum absolute atomic E-state index is 5.08. The third kappa shape index (κ3) is 4.00. The SMILES string of the molecule is Cc1ccc2c3cc(C(C)C)ccc3n3c4cc(-c5c(C(C)C)cc(C(C)C)cc5C(C)C)cc5nc[n+](C)c(c1c23)c54. The first-order valence-corrected chi connectivity index (χ1v) is 16.1. The van der Waals surface area contributed by atoms with Gasteiger partial charge in [-0.05, 0) is 98.8 Å². The molecule has 0 bridgehead atoms. The average molecular weight is 567 g/mol. The highest BCUT2D eigenvalue weighted by Crippen LogP contribution is 2.44. The monoisotopic (exact) mass is 566 g/mol. The first-order valence-electron chi connectivity index (χ1n) is 16.1. The summed E-state index contributed by atoms with van der Waals surface area (Å²) < 4.78 is 4.77. The van der Waals surface area contributed by atoms with Gasteiger partial charge in [-0.25, -0.2) is 4.57 Å². The Bertz CT molecular complexity index is 2180. The van der Waals surface area contributed by atoms with Gasteiger partial charge in [0.25, 0.3) is 6.33 Å². The van der Waals surface area contributed by atoms with E-state index in [0.717, 1.165) is 5.52 Å². The second-order valence-corrected chi connectivity index (χ2v) is 14.1. The van der Waals surface area contributed by atoms with Crippen LogP contribution in [0.15, 0.2) is 60.9 Å². The third-order valence-electron chi connectivity index (χ3n) is 9.78. The molecule has 0 radical (unpaired) electrons. The summed E-state index contributed by atoms with van der Waals surface area (Å²) in [6, 6.07) is 21.5.